The van der Waals surface area contributed by atoms with Gasteiger partial charge in [-0.05, 0) is 31.4 Å². The van der Waals surface area contributed by atoms with Crippen LogP contribution in [0.5, 0.6) is 0 Å². The summed E-state index contributed by atoms with van der Waals surface area (Å²) in [5.41, 5.74) is 13.3. The van der Waals surface area contributed by atoms with E-state index in [1.165, 1.54) is 6.07 Å². The van der Waals surface area contributed by atoms with Gasteiger partial charge in [0.1, 0.15) is 0 Å². The Morgan fingerprint density at radius 2 is 2.04 bits per heavy atom. The highest BCUT2D eigenvalue weighted by atomic mass is 16.4. The molecule has 6 heteroatoms. The van der Waals surface area contributed by atoms with Crippen LogP contribution in [0.25, 0.3) is 11.1 Å². The van der Waals surface area contributed by atoms with Crippen molar-refractivity contribution in [3.8, 4) is 0 Å². The summed E-state index contributed by atoms with van der Waals surface area (Å²) in [6, 6.07) is 11.1. The molecule has 2 heterocycles. The molecule has 0 amide bonds. The number of anilines is 2. The first-order valence-corrected chi connectivity index (χ1v) is 7.54. The molecule has 1 aliphatic rings. The van der Waals surface area contributed by atoms with Crippen LogP contribution in [0.2, 0.25) is 0 Å². The van der Waals surface area contributed by atoms with E-state index in [1.807, 2.05) is 30.3 Å². The zero-order valence-electron chi connectivity index (χ0n) is 12.4. The standard InChI is InChI=1S/C17H16N4O2/c18-11-9-14(22)23-17-15(11)16-12(19-17)7-4-8-13(16)21-20-10-5-2-1-3-6-10/h1-3,5-6,9,19-20H,4,7-8,18H2/b21-13+. The Hall–Kier alpha value is -3.02. The van der Waals surface area contributed by atoms with Gasteiger partial charge in [0.05, 0.1) is 22.5 Å². The molecule has 0 fully saturated rings. The molecular weight excluding hydrogens is 292 g/mol. The van der Waals surface area contributed by atoms with Gasteiger partial charge in [-0.25, -0.2) is 4.79 Å². The summed E-state index contributed by atoms with van der Waals surface area (Å²) in [5.74, 6) is 0. The van der Waals surface area contributed by atoms with E-state index in [2.05, 4.69) is 15.5 Å². The number of benzene rings is 1. The van der Waals surface area contributed by atoms with E-state index < -0.39 is 5.63 Å². The summed E-state index contributed by atoms with van der Waals surface area (Å²) in [5, 5.41) is 5.30. The molecule has 0 aliphatic heterocycles. The van der Waals surface area contributed by atoms with Crippen molar-refractivity contribution in [3.05, 3.63) is 58.1 Å². The third kappa shape index (κ3) is 2.38. The Morgan fingerprint density at radius 1 is 1.22 bits per heavy atom. The highest BCUT2D eigenvalue weighted by molar-refractivity contribution is 6.14. The van der Waals surface area contributed by atoms with Gasteiger partial charge in [-0.15, -0.1) is 0 Å². The van der Waals surface area contributed by atoms with Crippen molar-refractivity contribution in [3.63, 3.8) is 0 Å². The van der Waals surface area contributed by atoms with E-state index in [9.17, 15) is 4.79 Å². The number of nitrogens with zero attached hydrogens (tertiary/aromatic N) is 1. The third-order valence-electron chi connectivity index (χ3n) is 4.03. The van der Waals surface area contributed by atoms with E-state index in [-0.39, 0.29) is 0 Å². The van der Waals surface area contributed by atoms with Crippen molar-refractivity contribution in [2.24, 2.45) is 5.10 Å². The maximum Gasteiger partial charge on any atom is 0.339 e. The van der Waals surface area contributed by atoms with Gasteiger partial charge in [-0.2, -0.15) is 5.10 Å². The Bertz CT molecular complexity index is 954. The Labute approximate surface area is 132 Å². The first-order valence-electron chi connectivity index (χ1n) is 7.54. The molecule has 0 radical (unpaired) electrons. The number of nitrogens with two attached hydrogens (primary N) is 1. The molecule has 116 valence electrons. The summed E-state index contributed by atoms with van der Waals surface area (Å²) in [4.78, 5) is 14.7. The first-order chi connectivity index (χ1) is 11.2. The Balaban J connectivity index is 1.83. The van der Waals surface area contributed by atoms with Gasteiger partial charge in [-0.1, -0.05) is 18.2 Å². The lowest BCUT2D eigenvalue weighted by molar-refractivity contribution is 0.551. The number of hydrogen-bond donors (Lipinski definition) is 3. The average Bonchev–Trinajstić information content (AvgIpc) is 2.92. The van der Waals surface area contributed by atoms with Gasteiger partial charge in [0, 0.05) is 17.3 Å². The van der Waals surface area contributed by atoms with Gasteiger partial charge in [0.15, 0.2) is 0 Å². The molecule has 0 unspecified atom stereocenters. The number of hydrogen-bond acceptors (Lipinski definition) is 5. The lowest BCUT2D eigenvalue weighted by Crippen LogP contribution is -2.13. The van der Waals surface area contributed by atoms with Crippen molar-refractivity contribution in [1.29, 1.82) is 0 Å². The zero-order chi connectivity index (χ0) is 15.8. The quantitative estimate of drug-likeness (QED) is 0.634. The van der Waals surface area contributed by atoms with Crippen molar-refractivity contribution >= 4 is 28.2 Å². The van der Waals surface area contributed by atoms with Gasteiger partial charge in [0.25, 0.3) is 0 Å². The largest absolute Gasteiger partial charge is 0.406 e. The lowest BCUT2D eigenvalue weighted by Gasteiger charge is -2.14. The van der Waals surface area contributed by atoms with Crippen LogP contribution >= 0.6 is 0 Å². The van der Waals surface area contributed by atoms with E-state index in [0.29, 0.717) is 11.4 Å². The normalized spacial score (nSPS) is 15.7. The van der Waals surface area contributed by atoms with Crippen LogP contribution in [-0.2, 0) is 6.42 Å². The maximum atomic E-state index is 11.5. The summed E-state index contributed by atoms with van der Waals surface area (Å²) < 4.78 is 5.24. The predicted molar refractivity (Wildman–Crippen MR) is 90.8 cm³/mol. The maximum absolute atomic E-state index is 11.5. The zero-order valence-corrected chi connectivity index (χ0v) is 12.4. The summed E-state index contributed by atoms with van der Waals surface area (Å²) >= 11 is 0. The Morgan fingerprint density at radius 3 is 2.87 bits per heavy atom. The van der Waals surface area contributed by atoms with Crippen molar-refractivity contribution in [2.45, 2.75) is 19.3 Å². The van der Waals surface area contributed by atoms with Crippen molar-refractivity contribution in [2.75, 3.05) is 11.2 Å². The second-order valence-electron chi connectivity index (χ2n) is 5.59. The van der Waals surface area contributed by atoms with Crippen LogP contribution in [0.1, 0.15) is 24.1 Å². The van der Waals surface area contributed by atoms with Crippen LogP contribution in [0.15, 0.2) is 50.7 Å². The molecule has 6 nitrogen and oxygen atoms in total. The number of aromatic amines is 1. The lowest BCUT2D eigenvalue weighted by atomic mass is 9.93. The van der Waals surface area contributed by atoms with E-state index in [0.717, 1.165) is 47.3 Å². The van der Waals surface area contributed by atoms with Crippen LogP contribution in [-0.4, -0.2) is 10.7 Å². The molecule has 0 spiro atoms. The smallest absolute Gasteiger partial charge is 0.339 e. The molecule has 0 bridgehead atoms. The van der Waals surface area contributed by atoms with Gasteiger partial charge >= 0.3 is 5.63 Å². The van der Waals surface area contributed by atoms with Gasteiger partial charge in [-0.3, -0.25) is 5.43 Å². The van der Waals surface area contributed by atoms with Crippen LogP contribution in [0.3, 0.4) is 0 Å². The minimum absolute atomic E-state index is 0.420. The van der Waals surface area contributed by atoms with E-state index in [4.69, 9.17) is 10.2 Å². The molecule has 3 aromatic rings. The average molecular weight is 308 g/mol. The number of rotatable bonds is 2. The van der Waals surface area contributed by atoms with Crippen LogP contribution < -0.4 is 16.8 Å². The first kappa shape index (κ1) is 13.6. The number of hydrazone groups is 1. The topological polar surface area (TPSA) is 96.4 Å². The number of aromatic nitrogens is 1. The number of para-hydroxylation sites is 1. The molecule has 23 heavy (non-hydrogen) atoms. The highest BCUT2D eigenvalue weighted by Gasteiger charge is 2.24. The Kier molecular flexibility index (Phi) is 3.15. The van der Waals surface area contributed by atoms with E-state index >= 15 is 0 Å². The molecule has 1 aromatic carbocycles. The minimum Gasteiger partial charge on any atom is -0.406 e. The summed E-state index contributed by atoms with van der Waals surface area (Å²) in [6.45, 7) is 0. The van der Waals surface area contributed by atoms with Crippen molar-refractivity contribution < 1.29 is 4.42 Å². The summed E-state index contributed by atoms with van der Waals surface area (Å²) in [6.07, 6.45) is 2.72. The molecule has 0 atom stereocenters. The monoisotopic (exact) mass is 308 g/mol. The van der Waals surface area contributed by atoms with Crippen molar-refractivity contribution in [1.82, 2.24) is 4.98 Å². The fourth-order valence-electron chi connectivity index (χ4n) is 3.03. The van der Waals surface area contributed by atoms with Gasteiger partial charge < -0.3 is 15.1 Å². The van der Waals surface area contributed by atoms with Crippen LogP contribution in [0.4, 0.5) is 11.4 Å². The fraction of sp³-hybridized carbons (Fsp3) is 0.176. The molecule has 1 aliphatic carbocycles. The van der Waals surface area contributed by atoms with Crippen LogP contribution in [0, 0.1) is 0 Å². The molecule has 4 N–H and O–H groups in total. The number of nitrogens with one attached hydrogen (secondary N) is 2. The fourth-order valence-corrected chi connectivity index (χ4v) is 3.03. The SMILES string of the molecule is Nc1cc(=O)oc2[nH]c3c(c12)/C(=N/Nc1ccccc1)CCC3. The highest BCUT2D eigenvalue weighted by Crippen LogP contribution is 2.32. The number of nitrogen functional groups attached to an aromatic ring is 1. The minimum atomic E-state index is -0.450. The number of aryl methyl sites for hydroxylation is 1. The predicted octanol–water partition coefficient (Wildman–Crippen LogP) is 2.86. The third-order valence-corrected chi connectivity index (χ3v) is 4.03. The second-order valence-corrected chi connectivity index (χ2v) is 5.59. The molecule has 2 aromatic heterocycles. The molecular formula is C17H16N4O2. The van der Waals surface area contributed by atoms with E-state index in [1.54, 1.807) is 0 Å². The summed E-state index contributed by atoms with van der Waals surface area (Å²) in [7, 11) is 0. The van der Waals surface area contributed by atoms with Gasteiger partial charge in [0.2, 0.25) is 5.71 Å². The number of H-pyrrole nitrogens is 1. The number of fused-ring (bicyclic) bond motifs is 3. The molecule has 4 rings (SSSR count). The molecule has 0 saturated carbocycles. The molecule has 0 saturated heterocycles. The second kappa shape index (κ2) is 5.31.